The number of ether oxygens (including phenoxy) is 1. The Kier molecular flexibility index (Phi) is 3.74. The summed E-state index contributed by atoms with van der Waals surface area (Å²) in [5.74, 6) is -0.400. The minimum Gasteiger partial charge on any atom is -0.495 e. The number of benzene rings is 1. The van der Waals surface area contributed by atoms with Gasteiger partial charge in [0.15, 0.2) is 0 Å². The van der Waals surface area contributed by atoms with Crippen molar-refractivity contribution in [3.63, 3.8) is 0 Å². The Morgan fingerprint density at radius 1 is 1.53 bits per heavy atom. The van der Waals surface area contributed by atoms with Gasteiger partial charge in [0.05, 0.1) is 12.1 Å². The zero-order valence-corrected chi connectivity index (χ0v) is 9.21. The van der Waals surface area contributed by atoms with Crippen LogP contribution in [-0.2, 0) is 4.79 Å². The van der Waals surface area contributed by atoms with Gasteiger partial charge in [-0.2, -0.15) is 0 Å². The molecule has 0 aliphatic heterocycles. The number of carbonyl (C=O) groups is 1. The molecule has 0 atom stereocenters. The van der Waals surface area contributed by atoms with Crippen molar-refractivity contribution in [1.82, 2.24) is 0 Å². The first kappa shape index (κ1) is 11.6. The van der Waals surface area contributed by atoms with E-state index in [1.807, 2.05) is 6.92 Å². The first-order valence-electron chi connectivity index (χ1n) is 4.29. The molecule has 0 bridgehead atoms. The lowest BCUT2D eigenvalue weighted by Crippen LogP contribution is -1.90. The molecule has 1 N–H and O–H groups in total. The van der Waals surface area contributed by atoms with Gasteiger partial charge in [-0.05, 0) is 36.3 Å². The van der Waals surface area contributed by atoms with E-state index in [4.69, 9.17) is 21.4 Å². The largest absolute Gasteiger partial charge is 0.495 e. The fourth-order valence-corrected chi connectivity index (χ4v) is 1.42. The van der Waals surface area contributed by atoms with Crippen LogP contribution in [0.15, 0.2) is 18.2 Å². The van der Waals surface area contributed by atoms with Crippen molar-refractivity contribution in [3.8, 4) is 5.75 Å². The van der Waals surface area contributed by atoms with Crippen LogP contribution in [0.5, 0.6) is 5.75 Å². The highest BCUT2D eigenvalue weighted by atomic mass is 35.5. The molecule has 0 fully saturated rings. The molecule has 3 nitrogen and oxygen atoms in total. The number of aliphatic carboxylic acids is 1. The molecule has 0 unspecified atom stereocenters. The molecule has 0 aromatic heterocycles. The minimum absolute atomic E-state index is 0.466. The van der Waals surface area contributed by atoms with Crippen molar-refractivity contribution < 1.29 is 14.6 Å². The van der Waals surface area contributed by atoms with E-state index in [0.717, 1.165) is 17.2 Å². The van der Waals surface area contributed by atoms with Crippen molar-refractivity contribution in [2.45, 2.75) is 6.92 Å². The van der Waals surface area contributed by atoms with Crippen molar-refractivity contribution in [3.05, 3.63) is 34.4 Å². The van der Waals surface area contributed by atoms with Gasteiger partial charge in [-0.15, -0.1) is 0 Å². The molecule has 1 aromatic rings. The molecule has 0 heterocycles. The van der Waals surface area contributed by atoms with E-state index in [0.29, 0.717) is 10.8 Å². The van der Waals surface area contributed by atoms with Crippen molar-refractivity contribution >= 4 is 23.6 Å². The first-order valence-corrected chi connectivity index (χ1v) is 4.67. The second-order valence-corrected chi connectivity index (χ2v) is 3.42. The zero-order chi connectivity index (χ0) is 11.4. The molecule has 0 aliphatic rings. The minimum atomic E-state index is -0.985. The predicted molar refractivity (Wildman–Crippen MR) is 59.4 cm³/mol. The van der Waals surface area contributed by atoms with Gasteiger partial charge >= 0.3 is 5.97 Å². The van der Waals surface area contributed by atoms with Crippen LogP contribution in [-0.4, -0.2) is 18.2 Å². The highest BCUT2D eigenvalue weighted by Crippen LogP contribution is 2.28. The van der Waals surface area contributed by atoms with Gasteiger partial charge in [-0.3, -0.25) is 0 Å². The first-order chi connectivity index (χ1) is 7.04. The molecular weight excluding hydrogens is 216 g/mol. The second kappa shape index (κ2) is 4.84. The molecule has 0 amide bonds. The maximum Gasteiger partial charge on any atom is 0.328 e. The van der Waals surface area contributed by atoms with Crippen molar-refractivity contribution in [1.29, 1.82) is 0 Å². The molecule has 0 radical (unpaired) electrons. The normalized spacial score (nSPS) is 10.6. The highest BCUT2D eigenvalue weighted by molar-refractivity contribution is 6.32. The Morgan fingerprint density at radius 3 is 2.73 bits per heavy atom. The lowest BCUT2D eigenvalue weighted by molar-refractivity contribution is -0.131. The summed E-state index contributed by atoms with van der Waals surface area (Å²) >= 11 is 5.91. The summed E-state index contributed by atoms with van der Waals surface area (Å²) in [4.78, 5) is 10.3. The van der Waals surface area contributed by atoms with E-state index in [1.165, 1.54) is 13.2 Å². The molecule has 15 heavy (non-hydrogen) atoms. The van der Waals surface area contributed by atoms with E-state index >= 15 is 0 Å². The van der Waals surface area contributed by atoms with Gasteiger partial charge < -0.3 is 9.84 Å². The number of halogens is 1. The van der Waals surface area contributed by atoms with Crippen LogP contribution in [0.4, 0.5) is 0 Å². The average molecular weight is 227 g/mol. The Bertz CT molecular complexity index is 411. The van der Waals surface area contributed by atoms with Crippen LogP contribution < -0.4 is 4.74 Å². The smallest absolute Gasteiger partial charge is 0.328 e. The Labute approximate surface area is 92.9 Å². The molecule has 4 heteroatoms. The number of aryl methyl sites for hydroxylation is 1. The maximum absolute atomic E-state index is 10.3. The monoisotopic (exact) mass is 226 g/mol. The standard InChI is InChI=1S/C11H11ClO3/c1-7-5-10(15-2)9(12)6-8(7)3-4-11(13)14/h3-6H,1-2H3,(H,13,14)/b4-3+. The molecule has 1 rings (SSSR count). The van der Waals surface area contributed by atoms with Crippen molar-refractivity contribution in [2.24, 2.45) is 0 Å². The lowest BCUT2D eigenvalue weighted by atomic mass is 10.1. The van der Waals surface area contributed by atoms with Crippen LogP contribution in [0, 0.1) is 6.92 Å². The Hall–Kier alpha value is -1.48. The van der Waals surface area contributed by atoms with Gasteiger partial charge in [-0.25, -0.2) is 4.79 Å². The number of methoxy groups -OCH3 is 1. The molecule has 0 saturated heterocycles. The fourth-order valence-electron chi connectivity index (χ4n) is 1.17. The van der Waals surface area contributed by atoms with Gasteiger partial charge in [0.25, 0.3) is 0 Å². The number of carboxylic acids is 1. The summed E-state index contributed by atoms with van der Waals surface area (Å²) in [5, 5.41) is 8.96. The Morgan fingerprint density at radius 2 is 2.20 bits per heavy atom. The number of carboxylic acid groups (broad SMARTS) is 1. The summed E-state index contributed by atoms with van der Waals surface area (Å²) in [6.07, 6.45) is 2.58. The zero-order valence-electron chi connectivity index (χ0n) is 8.45. The third-order valence-electron chi connectivity index (χ3n) is 1.95. The average Bonchev–Trinajstić information content (AvgIpc) is 2.18. The SMILES string of the molecule is COc1cc(C)c(/C=C/C(=O)O)cc1Cl. The molecular formula is C11H11ClO3. The molecule has 0 aliphatic carbocycles. The third-order valence-corrected chi connectivity index (χ3v) is 2.24. The van der Waals surface area contributed by atoms with E-state index in [1.54, 1.807) is 12.1 Å². The van der Waals surface area contributed by atoms with E-state index in [2.05, 4.69) is 0 Å². The number of rotatable bonds is 3. The van der Waals surface area contributed by atoms with E-state index in [9.17, 15) is 4.79 Å². The maximum atomic E-state index is 10.3. The summed E-state index contributed by atoms with van der Waals surface area (Å²) in [6, 6.07) is 3.44. The summed E-state index contributed by atoms with van der Waals surface area (Å²) in [5.41, 5.74) is 1.68. The van der Waals surface area contributed by atoms with Crippen LogP contribution in [0.3, 0.4) is 0 Å². The topological polar surface area (TPSA) is 46.5 Å². The number of hydrogen-bond donors (Lipinski definition) is 1. The summed E-state index contributed by atoms with van der Waals surface area (Å²) < 4.78 is 5.03. The Balaban J connectivity index is 3.10. The lowest BCUT2D eigenvalue weighted by Gasteiger charge is -2.06. The van der Waals surface area contributed by atoms with Crippen LogP contribution >= 0.6 is 11.6 Å². The summed E-state index contributed by atoms with van der Waals surface area (Å²) in [7, 11) is 1.54. The molecule has 0 saturated carbocycles. The van der Waals surface area contributed by atoms with Gasteiger partial charge in [0.1, 0.15) is 5.75 Å². The predicted octanol–water partition coefficient (Wildman–Crippen LogP) is 2.75. The molecule has 0 spiro atoms. The highest BCUT2D eigenvalue weighted by Gasteiger charge is 2.04. The van der Waals surface area contributed by atoms with E-state index < -0.39 is 5.97 Å². The van der Waals surface area contributed by atoms with Gasteiger partial charge in [0, 0.05) is 6.08 Å². The molecule has 80 valence electrons. The number of hydrogen-bond acceptors (Lipinski definition) is 2. The van der Waals surface area contributed by atoms with Gasteiger partial charge in [0.2, 0.25) is 0 Å². The second-order valence-electron chi connectivity index (χ2n) is 3.01. The quantitative estimate of drug-likeness (QED) is 0.807. The molecule has 1 aromatic carbocycles. The van der Waals surface area contributed by atoms with Crippen LogP contribution in [0.2, 0.25) is 5.02 Å². The van der Waals surface area contributed by atoms with Crippen LogP contribution in [0.1, 0.15) is 11.1 Å². The summed E-state index contributed by atoms with van der Waals surface area (Å²) in [6.45, 7) is 1.86. The third kappa shape index (κ3) is 2.99. The van der Waals surface area contributed by atoms with Gasteiger partial charge in [-0.1, -0.05) is 11.6 Å². The van der Waals surface area contributed by atoms with Crippen molar-refractivity contribution in [2.75, 3.05) is 7.11 Å². The van der Waals surface area contributed by atoms with E-state index in [-0.39, 0.29) is 0 Å². The fraction of sp³-hybridized carbons (Fsp3) is 0.182. The van der Waals surface area contributed by atoms with Crippen LogP contribution in [0.25, 0.3) is 6.08 Å².